The molecule has 0 unspecified atom stereocenters. The van der Waals surface area contributed by atoms with E-state index in [0.29, 0.717) is 5.75 Å². The number of benzene rings is 2. The maximum atomic E-state index is 11.8. The van der Waals surface area contributed by atoms with Crippen LogP contribution in [-0.2, 0) is 10.5 Å². The van der Waals surface area contributed by atoms with Crippen molar-refractivity contribution in [3.63, 3.8) is 0 Å². The molecule has 0 fully saturated rings. The first kappa shape index (κ1) is 15.6. The highest BCUT2D eigenvalue weighted by atomic mass is 79.9. The molecule has 0 bridgehead atoms. The van der Waals surface area contributed by atoms with E-state index in [4.69, 9.17) is 0 Å². The van der Waals surface area contributed by atoms with Crippen molar-refractivity contribution in [2.24, 2.45) is 0 Å². The Balaban J connectivity index is 1.75. The number of amides is 1. The summed E-state index contributed by atoms with van der Waals surface area (Å²) >= 11 is 8.38. The molecule has 2 aromatic rings. The first-order valence-corrected chi connectivity index (χ1v) is 8.75. The fourth-order valence-corrected chi connectivity index (χ4v) is 2.89. The van der Waals surface area contributed by atoms with Crippen LogP contribution in [-0.4, -0.2) is 11.7 Å². The molecule has 0 atom stereocenters. The summed E-state index contributed by atoms with van der Waals surface area (Å²) in [5.74, 6) is 1.31. The van der Waals surface area contributed by atoms with E-state index in [-0.39, 0.29) is 5.91 Å². The second-order valence-electron chi connectivity index (χ2n) is 4.17. The van der Waals surface area contributed by atoms with Gasteiger partial charge in [0, 0.05) is 20.4 Å². The molecule has 0 spiro atoms. The number of halogens is 2. The third-order valence-electron chi connectivity index (χ3n) is 2.54. The van der Waals surface area contributed by atoms with Crippen LogP contribution in [0.1, 0.15) is 5.56 Å². The number of hydrogen-bond acceptors (Lipinski definition) is 2. The lowest BCUT2D eigenvalue weighted by atomic mass is 10.2. The Hall–Kier alpha value is -0.780. The number of carbonyl (C=O) groups is 1. The first-order chi connectivity index (χ1) is 9.63. The molecule has 20 heavy (non-hydrogen) atoms. The molecular weight excluding hydrogens is 402 g/mol. The van der Waals surface area contributed by atoms with Gasteiger partial charge < -0.3 is 5.32 Å². The topological polar surface area (TPSA) is 29.1 Å². The Morgan fingerprint density at radius 3 is 2.10 bits per heavy atom. The van der Waals surface area contributed by atoms with Crippen LogP contribution in [0.4, 0.5) is 5.69 Å². The Bertz CT molecular complexity index is 569. The van der Waals surface area contributed by atoms with Gasteiger partial charge in [-0.3, -0.25) is 4.79 Å². The zero-order valence-electron chi connectivity index (χ0n) is 10.6. The maximum Gasteiger partial charge on any atom is 0.234 e. The molecular formula is C15H13Br2NOS. The third kappa shape index (κ3) is 5.31. The molecule has 0 saturated carbocycles. The largest absolute Gasteiger partial charge is 0.325 e. The van der Waals surface area contributed by atoms with Gasteiger partial charge in [0.05, 0.1) is 5.75 Å². The summed E-state index contributed by atoms with van der Waals surface area (Å²) in [5.41, 5.74) is 2.04. The van der Waals surface area contributed by atoms with E-state index < -0.39 is 0 Å². The van der Waals surface area contributed by atoms with Gasteiger partial charge in [0.1, 0.15) is 0 Å². The number of anilines is 1. The molecule has 5 heteroatoms. The molecule has 1 N–H and O–H groups in total. The van der Waals surface area contributed by atoms with Crippen LogP contribution < -0.4 is 5.32 Å². The second-order valence-corrected chi connectivity index (χ2v) is 6.99. The fourth-order valence-electron chi connectivity index (χ4n) is 1.57. The van der Waals surface area contributed by atoms with Crippen LogP contribution in [0.15, 0.2) is 57.5 Å². The molecule has 0 radical (unpaired) electrons. The summed E-state index contributed by atoms with van der Waals surface area (Å²) in [6.07, 6.45) is 0. The Morgan fingerprint density at radius 2 is 1.50 bits per heavy atom. The first-order valence-electron chi connectivity index (χ1n) is 6.01. The van der Waals surface area contributed by atoms with E-state index >= 15 is 0 Å². The van der Waals surface area contributed by atoms with E-state index in [1.54, 1.807) is 11.8 Å². The molecule has 2 rings (SSSR count). The van der Waals surface area contributed by atoms with Crippen LogP contribution >= 0.6 is 43.6 Å². The number of nitrogens with one attached hydrogen (secondary N) is 1. The predicted molar refractivity (Wildman–Crippen MR) is 93.1 cm³/mol. The van der Waals surface area contributed by atoms with Crippen molar-refractivity contribution in [2.45, 2.75) is 5.75 Å². The molecule has 0 aliphatic heterocycles. The molecule has 2 aromatic carbocycles. The highest BCUT2D eigenvalue weighted by Gasteiger charge is 2.03. The Morgan fingerprint density at radius 1 is 0.950 bits per heavy atom. The van der Waals surface area contributed by atoms with Crippen molar-refractivity contribution in [3.05, 3.63) is 63.0 Å². The average molecular weight is 415 g/mol. The zero-order valence-corrected chi connectivity index (χ0v) is 14.6. The fraction of sp³-hybridized carbons (Fsp3) is 0.133. The van der Waals surface area contributed by atoms with Gasteiger partial charge in [0.2, 0.25) is 5.91 Å². The Kier molecular flexibility index (Phi) is 6.13. The molecule has 0 saturated heterocycles. The average Bonchev–Trinajstić information content (AvgIpc) is 2.44. The van der Waals surface area contributed by atoms with Crippen LogP contribution in [0, 0.1) is 0 Å². The van der Waals surface area contributed by atoms with E-state index in [9.17, 15) is 4.79 Å². The van der Waals surface area contributed by atoms with Gasteiger partial charge in [-0.05, 0) is 42.0 Å². The summed E-state index contributed by atoms with van der Waals surface area (Å²) in [6.45, 7) is 0. The SMILES string of the molecule is O=C(CSCc1ccc(Br)cc1)Nc1ccc(Br)cc1. The molecule has 0 aliphatic rings. The lowest BCUT2D eigenvalue weighted by Crippen LogP contribution is -2.14. The van der Waals surface area contributed by atoms with Gasteiger partial charge in [-0.25, -0.2) is 0 Å². The smallest absolute Gasteiger partial charge is 0.234 e. The lowest BCUT2D eigenvalue weighted by Gasteiger charge is -2.05. The van der Waals surface area contributed by atoms with Gasteiger partial charge >= 0.3 is 0 Å². The van der Waals surface area contributed by atoms with Gasteiger partial charge in [-0.1, -0.05) is 44.0 Å². The molecule has 2 nitrogen and oxygen atoms in total. The summed E-state index contributed by atoms with van der Waals surface area (Å²) in [5, 5.41) is 2.88. The highest BCUT2D eigenvalue weighted by molar-refractivity contribution is 9.10. The maximum absolute atomic E-state index is 11.8. The van der Waals surface area contributed by atoms with Crippen LogP contribution in [0.25, 0.3) is 0 Å². The molecule has 0 aliphatic carbocycles. The molecule has 1 amide bonds. The standard InChI is InChI=1S/C15H13Br2NOS/c16-12-3-1-11(2-4-12)9-20-10-15(19)18-14-7-5-13(17)6-8-14/h1-8H,9-10H2,(H,18,19). The van der Waals surface area contributed by atoms with Crippen molar-refractivity contribution in [2.75, 3.05) is 11.1 Å². The number of rotatable bonds is 5. The number of hydrogen-bond donors (Lipinski definition) is 1. The van der Waals surface area contributed by atoms with Crippen molar-refractivity contribution in [1.82, 2.24) is 0 Å². The molecule has 104 valence electrons. The second kappa shape index (κ2) is 7.86. The van der Waals surface area contributed by atoms with Crippen molar-refractivity contribution in [1.29, 1.82) is 0 Å². The summed E-state index contributed by atoms with van der Waals surface area (Å²) in [7, 11) is 0. The van der Waals surface area contributed by atoms with Crippen LogP contribution in [0.2, 0.25) is 0 Å². The number of carbonyl (C=O) groups excluding carboxylic acids is 1. The number of thioether (sulfide) groups is 1. The predicted octanol–water partition coefficient (Wildman–Crippen LogP) is 5.08. The monoisotopic (exact) mass is 413 g/mol. The van der Waals surface area contributed by atoms with E-state index in [1.807, 2.05) is 36.4 Å². The minimum Gasteiger partial charge on any atom is -0.325 e. The van der Waals surface area contributed by atoms with E-state index in [1.165, 1.54) is 5.56 Å². The Labute approximate surface area is 139 Å². The van der Waals surface area contributed by atoms with Crippen molar-refractivity contribution in [3.8, 4) is 0 Å². The molecule has 0 heterocycles. The quantitative estimate of drug-likeness (QED) is 0.738. The van der Waals surface area contributed by atoms with E-state index in [0.717, 1.165) is 20.4 Å². The lowest BCUT2D eigenvalue weighted by molar-refractivity contribution is -0.113. The highest BCUT2D eigenvalue weighted by Crippen LogP contribution is 2.17. The summed E-state index contributed by atoms with van der Waals surface area (Å²) < 4.78 is 2.07. The zero-order chi connectivity index (χ0) is 14.4. The summed E-state index contributed by atoms with van der Waals surface area (Å²) in [4.78, 5) is 11.8. The van der Waals surface area contributed by atoms with Crippen LogP contribution in [0.3, 0.4) is 0 Å². The van der Waals surface area contributed by atoms with Gasteiger partial charge in [0.25, 0.3) is 0 Å². The van der Waals surface area contributed by atoms with Crippen molar-refractivity contribution < 1.29 is 4.79 Å². The molecule has 0 aromatic heterocycles. The van der Waals surface area contributed by atoms with E-state index in [2.05, 4.69) is 49.3 Å². The van der Waals surface area contributed by atoms with Crippen molar-refractivity contribution >= 4 is 55.2 Å². The van der Waals surface area contributed by atoms with Gasteiger partial charge in [-0.15, -0.1) is 11.8 Å². The minimum absolute atomic E-state index is 0.0226. The van der Waals surface area contributed by atoms with Gasteiger partial charge in [-0.2, -0.15) is 0 Å². The minimum atomic E-state index is 0.0226. The van der Waals surface area contributed by atoms with Gasteiger partial charge in [0.15, 0.2) is 0 Å². The normalized spacial score (nSPS) is 10.3. The van der Waals surface area contributed by atoms with Crippen LogP contribution in [0.5, 0.6) is 0 Å². The third-order valence-corrected chi connectivity index (χ3v) is 4.60. The summed E-state index contributed by atoms with van der Waals surface area (Å²) in [6, 6.07) is 15.7.